The van der Waals surface area contributed by atoms with E-state index in [0.29, 0.717) is 12.3 Å². The van der Waals surface area contributed by atoms with Gasteiger partial charge in [0.2, 0.25) is 0 Å². The zero-order valence-corrected chi connectivity index (χ0v) is 12.3. The molecule has 3 rings (SSSR count). The lowest BCUT2D eigenvalue weighted by Gasteiger charge is -2.05. The molecule has 0 unspecified atom stereocenters. The number of aromatic nitrogens is 3. The number of fused-ring (bicyclic) bond motifs is 1. The lowest BCUT2D eigenvalue weighted by atomic mass is 10.0. The van der Waals surface area contributed by atoms with Crippen molar-refractivity contribution >= 4 is 16.7 Å². The third-order valence-corrected chi connectivity index (χ3v) is 3.34. The Morgan fingerprint density at radius 2 is 1.91 bits per heavy atom. The van der Waals surface area contributed by atoms with Crippen molar-refractivity contribution in [3.05, 3.63) is 42.1 Å². The van der Waals surface area contributed by atoms with Gasteiger partial charge in [0.25, 0.3) is 0 Å². The Labute approximate surface area is 127 Å². The van der Waals surface area contributed by atoms with Gasteiger partial charge in [-0.05, 0) is 35.9 Å². The summed E-state index contributed by atoms with van der Waals surface area (Å²) in [6.07, 6.45) is 0. The van der Waals surface area contributed by atoms with E-state index in [0.717, 1.165) is 22.1 Å². The standard InChI is InChI=1S/C16H15N3O3/c1-3-22-16(20)15-14(17-19-18-15)12-5-4-11-9-13(21-2)7-6-10(11)8-12/h4-9H,3H2,1-2H3,(H,17,18,19). The molecule has 1 aromatic heterocycles. The molecule has 6 nitrogen and oxygen atoms in total. The maximum absolute atomic E-state index is 11.9. The van der Waals surface area contributed by atoms with Crippen molar-refractivity contribution in [3.8, 4) is 17.0 Å². The molecule has 3 aromatic rings. The number of methoxy groups -OCH3 is 1. The summed E-state index contributed by atoms with van der Waals surface area (Å²) in [4.78, 5) is 11.9. The summed E-state index contributed by atoms with van der Waals surface area (Å²) in [6.45, 7) is 2.05. The lowest BCUT2D eigenvalue weighted by Crippen LogP contribution is -2.06. The number of esters is 1. The number of aromatic amines is 1. The van der Waals surface area contributed by atoms with Crippen LogP contribution >= 0.6 is 0 Å². The van der Waals surface area contributed by atoms with E-state index in [-0.39, 0.29) is 5.69 Å². The largest absolute Gasteiger partial charge is 0.497 e. The van der Waals surface area contributed by atoms with Gasteiger partial charge in [-0.25, -0.2) is 4.79 Å². The maximum atomic E-state index is 11.9. The molecule has 22 heavy (non-hydrogen) atoms. The molecule has 0 aliphatic rings. The van der Waals surface area contributed by atoms with Crippen LogP contribution < -0.4 is 4.74 Å². The number of hydrogen-bond donors (Lipinski definition) is 1. The van der Waals surface area contributed by atoms with Crippen LogP contribution in [0.1, 0.15) is 17.4 Å². The minimum Gasteiger partial charge on any atom is -0.497 e. The molecule has 0 bridgehead atoms. The van der Waals surface area contributed by atoms with E-state index < -0.39 is 5.97 Å². The fourth-order valence-electron chi connectivity index (χ4n) is 2.27. The summed E-state index contributed by atoms with van der Waals surface area (Å²) in [5, 5.41) is 12.5. The van der Waals surface area contributed by atoms with Crippen LogP contribution in [-0.4, -0.2) is 35.1 Å². The Morgan fingerprint density at radius 3 is 2.68 bits per heavy atom. The highest BCUT2D eigenvalue weighted by Gasteiger charge is 2.19. The molecular formula is C16H15N3O3. The van der Waals surface area contributed by atoms with E-state index in [9.17, 15) is 4.79 Å². The fourth-order valence-corrected chi connectivity index (χ4v) is 2.27. The average molecular weight is 297 g/mol. The molecule has 112 valence electrons. The van der Waals surface area contributed by atoms with Gasteiger partial charge in [-0.1, -0.05) is 18.2 Å². The van der Waals surface area contributed by atoms with Crippen molar-refractivity contribution in [1.29, 1.82) is 0 Å². The van der Waals surface area contributed by atoms with Crippen molar-refractivity contribution in [2.75, 3.05) is 13.7 Å². The summed E-state index contributed by atoms with van der Waals surface area (Å²) < 4.78 is 10.2. The van der Waals surface area contributed by atoms with E-state index in [1.807, 2.05) is 36.4 Å². The highest BCUT2D eigenvalue weighted by atomic mass is 16.5. The van der Waals surface area contributed by atoms with Crippen LogP contribution in [0.25, 0.3) is 22.0 Å². The number of ether oxygens (including phenoxy) is 2. The van der Waals surface area contributed by atoms with Crippen LogP contribution in [0.4, 0.5) is 0 Å². The van der Waals surface area contributed by atoms with Gasteiger partial charge in [-0.15, -0.1) is 5.10 Å². The summed E-state index contributed by atoms with van der Waals surface area (Å²) in [7, 11) is 1.64. The van der Waals surface area contributed by atoms with Crippen LogP contribution in [0, 0.1) is 0 Å². The number of benzene rings is 2. The first kappa shape index (κ1) is 14.1. The number of nitrogens with zero attached hydrogens (tertiary/aromatic N) is 2. The molecule has 0 saturated carbocycles. The molecule has 2 aromatic carbocycles. The number of nitrogens with one attached hydrogen (secondary N) is 1. The minimum atomic E-state index is -0.485. The summed E-state index contributed by atoms with van der Waals surface area (Å²) in [6, 6.07) is 11.6. The van der Waals surface area contributed by atoms with Gasteiger partial charge in [0.1, 0.15) is 11.4 Å². The number of carbonyl (C=O) groups excluding carboxylic acids is 1. The third-order valence-electron chi connectivity index (χ3n) is 3.34. The molecular weight excluding hydrogens is 282 g/mol. The Hall–Kier alpha value is -2.89. The molecule has 1 heterocycles. The summed E-state index contributed by atoms with van der Waals surface area (Å²) >= 11 is 0. The van der Waals surface area contributed by atoms with Gasteiger partial charge < -0.3 is 9.47 Å². The number of carbonyl (C=O) groups is 1. The molecule has 0 atom stereocenters. The number of rotatable bonds is 4. The van der Waals surface area contributed by atoms with Gasteiger partial charge in [0.15, 0.2) is 5.69 Å². The molecule has 0 radical (unpaired) electrons. The lowest BCUT2D eigenvalue weighted by molar-refractivity contribution is 0.0520. The number of hydrogen-bond acceptors (Lipinski definition) is 5. The zero-order chi connectivity index (χ0) is 15.5. The van der Waals surface area contributed by atoms with Gasteiger partial charge in [-0.2, -0.15) is 10.3 Å². The summed E-state index contributed by atoms with van der Waals surface area (Å²) in [5.41, 5.74) is 1.47. The summed E-state index contributed by atoms with van der Waals surface area (Å²) in [5.74, 6) is 0.315. The molecule has 0 saturated heterocycles. The van der Waals surface area contributed by atoms with E-state index in [2.05, 4.69) is 15.4 Å². The SMILES string of the molecule is CCOC(=O)c1n[nH]nc1-c1ccc2cc(OC)ccc2c1. The van der Waals surface area contributed by atoms with Crippen LogP contribution in [0.5, 0.6) is 5.75 Å². The van der Waals surface area contributed by atoms with Gasteiger partial charge in [0.05, 0.1) is 13.7 Å². The second-order valence-electron chi connectivity index (χ2n) is 4.67. The Kier molecular flexibility index (Phi) is 3.74. The fraction of sp³-hybridized carbons (Fsp3) is 0.188. The zero-order valence-electron chi connectivity index (χ0n) is 12.3. The smallest absolute Gasteiger partial charge is 0.361 e. The van der Waals surface area contributed by atoms with E-state index in [4.69, 9.17) is 9.47 Å². The van der Waals surface area contributed by atoms with Crippen molar-refractivity contribution in [3.63, 3.8) is 0 Å². The molecule has 6 heteroatoms. The van der Waals surface area contributed by atoms with Crippen LogP contribution in [0.15, 0.2) is 36.4 Å². The second-order valence-corrected chi connectivity index (χ2v) is 4.67. The first-order chi connectivity index (χ1) is 10.7. The molecule has 1 N–H and O–H groups in total. The molecule has 0 spiro atoms. The predicted molar refractivity (Wildman–Crippen MR) is 81.8 cm³/mol. The van der Waals surface area contributed by atoms with E-state index in [1.54, 1.807) is 14.0 Å². The monoisotopic (exact) mass is 297 g/mol. The quantitative estimate of drug-likeness (QED) is 0.749. The Balaban J connectivity index is 2.04. The van der Waals surface area contributed by atoms with Crippen LogP contribution in [-0.2, 0) is 4.74 Å². The predicted octanol–water partition coefficient (Wildman–Crippen LogP) is 2.81. The van der Waals surface area contributed by atoms with Crippen molar-refractivity contribution in [2.45, 2.75) is 6.92 Å². The van der Waals surface area contributed by atoms with Crippen molar-refractivity contribution < 1.29 is 14.3 Å². The number of H-pyrrole nitrogens is 1. The third kappa shape index (κ3) is 2.50. The van der Waals surface area contributed by atoms with Gasteiger partial charge in [0, 0.05) is 5.56 Å². The van der Waals surface area contributed by atoms with Gasteiger partial charge in [-0.3, -0.25) is 0 Å². The van der Waals surface area contributed by atoms with Crippen LogP contribution in [0.3, 0.4) is 0 Å². The highest BCUT2D eigenvalue weighted by Crippen LogP contribution is 2.27. The second kappa shape index (κ2) is 5.85. The molecule has 0 aliphatic carbocycles. The average Bonchev–Trinajstić information content (AvgIpc) is 3.03. The minimum absolute atomic E-state index is 0.190. The van der Waals surface area contributed by atoms with E-state index >= 15 is 0 Å². The Morgan fingerprint density at radius 1 is 1.14 bits per heavy atom. The highest BCUT2D eigenvalue weighted by molar-refractivity contribution is 5.96. The molecule has 0 aliphatic heterocycles. The molecule has 0 amide bonds. The van der Waals surface area contributed by atoms with Crippen molar-refractivity contribution in [2.24, 2.45) is 0 Å². The maximum Gasteiger partial charge on any atom is 0.361 e. The van der Waals surface area contributed by atoms with Gasteiger partial charge >= 0.3 is 5.97 Å². The normalized spacial score (nSPS) is 10.6. The topological polar surface area (TPSA) is 77.1 Å². The van der Waals surface area contributed by atoms with Crippen molar-refractivity contribution in [1.82, 2.24) is 15.4 Å². The van der Waals surface area contributed by atoms with Crippen LogP contribution in [0.2, 0.25) is 0 Å². The Bertz CT molecular complexity index is 826. The van der Waals surface area contributed by atoms with E-state index in [1.165, 1.54) is 0 Å². The molecule has 0 fully saturated rings. The first-order valence-electron chi connectivity index (χ1n) is 6.89. The first-order valence-corrected chi connectivity index (χ1v) is 6.89.